The zero-order valence-electron chi connectivity index (χ0n) is 10.2. The molecule has 0 saturated carbocycles. The summed E-state index contributed by atoms with van der Waals surface area (Å²) in [6.07, 6.45) is -1.81. The van der Waals surface area contributed by atoms with Gasteiger partial charge in [0.05, 0.1) is 6.42 Å². The van der Waals surface area contributed by atoms with Crippen molar-refractivity contribution >= 4 is 5.97 Å². The monoisotopic (exact) mass is 257 g/mol. The molecule has 2 N–H and O–H groups in total. The molecule has 1 unspecified atom stereocenters. The van der Waals surface area contributed by atoms with Gasteiger partial charge in [0.25, 0.3) is 6.43 Å². The first-order chi connectivity index (χ1) is 8.54. The molecular formula is C13H17F2NO2. The third-order valence-electron chi connectivity index (χ3n) is 2.58. The largest absolute Gasteiger partial charge is 0.481 e. The standard InChI is InChI=1S/C13H17F2NO2/c1-2-6-16-11(8-12(17)18)9-4-3-5-10(7-9)13(14)15/h3-5,7,11,13,16H,2,6,8H2,1H3,(H,17,18). The van der Waals surface area contributed by atoms with Crippen molar-refractivity contribution in [3.05, 3.63) is 35.4 Å². The fourth-order valence-electron chi connectivity index (χ4n) is 1.71. The number of carbonyl (C=O) groups is 1. The highest BCUT2D eigenvalue weighted by Crippen LogP contribution is 2.24. The number of rotatable bonds is 7. The molecule has 3 nitrogen and oxygen atoms in total. The first kappa shape index (κ1) is 14.6. The number of aliphatic carboxylic acids is 1. The molecule has 0 aliphatic carbocycles. The molecule has 0 bridgehead atoms. The second-order valence-corrected chi connectivity index (χ2v) is 4.08. The molecule has 5 heteroatoms. The number of hydrogen-bond donors (Lipinski definition) is 2. The average molecular weight is 257 g/mol. The lowest BCUT2D eigenvalue weighted by molar-refractivity contribution is -0.137. The molecule has 0 fully saturated rings. The van der Waals surface area contributed by atoms with Crippen molar-refractivity contribution in [2.75, 3.05) is 6.54 Å². The maximum Gasteiger partial charge on any atom is 0.305 e. The van der Waals surface area contributed by atoms with Crippen molar-refractivity contribution in [3.8, 4) is 0 Å². The number of carboxylic acids is 1. The van der Waals surface area contributed by atoms with Crippen LogP contribution in [0.15, 0.2) is 24.3 Å². The molecular weight excluding hydrogens is 240 g/mol. The Morgan fingerprint density at radius 1 is 1.39 bits per heavy atom. The quantitative estimate of drug-likeness (QED) is 0.789. The van der Waals surface area contributed by atoms with Gasteiger partial charge in [-0.2, -0.15) is 0 Å². The second kappa shape index (κ2) is 7.06. The summed E-state index contributed by atoms with van der Waals surface area (Å²) >= 11 is 0. The molecule has 1 rings (SSSR count). The summed E-state index contributed by atoms with van der Waals surface area (Å²) in [6.45, 7) is 2.61. The third kappa shape index (κ3) is 4.41. The molecule has 0 heterocycles. The summed E-state index contributed by atoms with van der Waals surface area (Å²) in [5, 5.41) is 11.9. The molecule has 0 aromatic heterocycles. The van der Waals surface area contributed by atoms with Crippen molar-refractivity contribution in [2.24, 2.45) is 0 Å². The van der Waals surface area contributed by atoms with E-state index in [1.54, 1.807) is 6.07 Å². The Bertz CT molecular complexity index is 396. The van der Waals surface area contributed by atoms with Crippen LogP contribution in [0, 0.1) is 0 Å². The Labute approximate surface area is 105 Å². The van der Waals surface area contributed by atoms with Crippen molar-refractivity contribution < 1.29 is 18.7 Å². The van der Waals surface area contributed by atoms with Gasteiger partial charge in [0.2, 0.25) is 0 Å². The van der Waals surface area contributed by atoms with Crippen LogP contribution in [0.4, 0.5) is 8.78 Å². The summed E-state index contributed by atoms with van der Waals surface area (Å²) in [5.74, 6) is -0.953. The van der Waals surface area contributed by atoms with E-state index in [2.05, 4.69) is 5.32 Å². The summed E-state index contributed by atoms with van der Waals surface area (Å²) in [5.41, 5.74) is 0.504. The molecule has 18 heavy (non-hydrogen) atoms. The third-order valence-corrected chi connectivity index (χ3v) is 2.58. The number of carboxylic acid groups (broad SMARTS) is 1. The molecule has 0 spiro atoms. The van der Waals surface area contributed by atoms with E-state index < -0.39 is 18.4 Å². The topological polar surface area (TPSA) is 49.3 Å². The number of nitrogens with one attached hydrogen (secondary N) is 1. The van der Waals surface area contributed by atoms with E-state index in [9.17, 15) is 13.6 Å². The van der Waals surface area contributed by atoms with Crippen LogP contribution in [-0.4, -0.2) is 17.6 Å². The molecule has 0 aliphatic heterocycles. The molecule has 0 aliphatic rings. The zero-order chi connectivity index (χ0) is 13.5. The molecule has 1 aromatic rings. The number of alkyl halides is 2. The lowest BCUT2D eigenvalue weighted by Crippen LogP contribution is -2.24. The Hall–Kier alpha value is -1.49. The normalized spacial score (nSPS) is 12.7. The van der Waals surface area contributed by atoms with Gasteiger partial charge in [-0.1, -0.05) is 25.1 Å². The lowest BCUT2D eigenvalue weighted by atomic mass is 10.0. The minimum absolute atomic E-state index is 0.0822. The molecule has 1 atom stereocenters. The summed E-state index contributed by atoms with van der Waals surface area (Å²) < 4.78 is 25.2. The minimum atomic E-state index is -2.54. The van der Waals surface area contributed by atoms with Gasteiger partial charge in [-0.15, -0.1) is 0 Å². The SMILES string of the molecule is CCCNC(CC(=O)O)c1cccc(C(F)F)c1. The van der Waals surface area contributed by atoms with Gasteiger partial charge in [0.15, 0.2) is 0 Å². The van der Waals surface area contributed by atoms with Crippen LogP contribution < -0.4 is 5.32 Å². The number of hydrogen-bond acceptors (Lipinski definition) is 2. The van der Waals surface area contributed by atoms with Crippen molar-refractivity contribution in [2.45, 2.75) is 32.2 Å². The molecule has 0 radical (unpaired) electrons. The minimum Gasteiger partial charge on any atom is -0.481 e. The Balaban J connectivity index is 2.89. The highest BCUT2D eigenvalue weighted by Gasteiger charge is 2.16. The van der Waals surface area contributed by atoms with E-state index in [-0.39, 0.29) is 12.0 Å². The summed E-state index contributed by atoms with van der Waals surface area (Å²) in [6, 6.07) is 5.47. The maximum atomic E-state index is 12.6. The lowest BCUT2D eigenvalue weighted by Gasteiger charge is -2.17. The van der Waals surface area contributed by atoms with Crippen LogP contribution in [0.25, 0.3) is 0 Å². The summed E-state index contributed by atoms with van der Waals surface area (Å²) in [4.78, 5) is 10.8. The molecule has 1 aromatic carbocycles. The van der Waals surface area contributed by atoms with E-state index in [4.69, 9.17) is 5.11 Å². The average Bonchev–Trinajstić information content (AvgIpc) is 2.34. The predicted octanol–water partition coefficient (Wildman–Crippen LogP) is 3.14. The number of halogens is 2. The van der Waals surface area contributed by atoms with E-state index in [1.807, 2.05) is 6.92 Å². The smallest absolute Gasteiger partial charge is 0.305 e. The van der Waals surface area contributed by atoms with Crippen LogP contribution in [0.3, 0.4) is 0 Å². The highest BCUT2D eigenvalue weighted by atomic mass is 19.3. The fourth-order valence-corrected chi connectivity index (χ4v) is 1.71. The first-order valence-electron chi connectivity index (χ1n) is 5.87. The van der Waals surface area contributed by atoms with Gasteiger partial charge in [-0.25, -0.2) is 8.78 Å². The van der Waals surface area contributed by atoms with Crippen LogP contribution in [0.2, 0.25) is 0 Å². The first-order valence-corrected chi connectivity index (χ1v) is 5.87. The van der Waals surface area contributed by atoms with Gasteiger partial charge in [-0.3, -0.25) is 4.79 Å². The van der Waals surface area contributed by atoms with Gasteiger partial charge in [0.1, 0.15) is 0 Å². The Kier molecular flexibility index (Phi) is 5.71. The Morgan fingerprint density at radius 2 is 2.06 bits per heavy atom. The molecule has 0 amide bonds. The van der Waals surface area contributed by atoms with E-state index in [0.29, 0.717) is 12.1 Å². The van der Waals surface area contributed by atoms with Crippen LogP contribution in [-0.2, 0) is 4.79 Å². The van der Waals surface area contributed by atoms with Crippen LogP contribution in [0.5, 0.6) is 0 Å². The second-order valence-electron chi connectivity index (χ2n) is 4.08. The van der Waals surface area contributed by atoms with E-state index in [0.717, 1.165) is 6.42 Å². The van der Waals surface area contributed by atoms with Crippen molar-refractivity contribution in [1.82, 2.24) is 5.32 Å². The van der Waals surface area contributed by atoms with Gasteiger partial charge in [-0.05, 0) is 24.6 Å². The van der Waals surface area contributed by atoms with Crippen LogP contribution >= 0.6 is 0 Å². The molecule has 100 valence electrons. The highest BCUT2D eigenvalue weighted by molar-refractivity contribution is 5.68. The predicted molar refractivity (Wildman–Crippen MR) is 64.7 cm³/mol. The number of benzene rings is 1. The molecule has 0 saturated heterocycles. The van der Waals surface area contributed by atoms with E-state index in [1.165, 1.54) is 18.2 Å². The van der Waals surface area contributed by atoms with Crippen molar-refractivity contribution in [3.63, 3.8) is 0 Å². The maximum absolute atomic E-state index is 12.6. The van der Waals surface area contributed by atoms with Gasteiger partial charge >= 0.3 is 5.97 Å². The zero-order valence-corrected chi connectivity index (χ0v) is 10.2. The fraction of sp³-hybridized carbons (Fsp3) is 0.462. The van der Waals surface area contributed by atoms with Gasteiger partial charge < -0.3 is 10.4 Å². The van der Waals surface area contributed by atoms with Crippen LogP contribution in [0.1, 0.15) is 43.4 Å². The summed E-state index contributed by atoms with van der Waals surface area (Å²) in [7, 11) is 0. The van der Waals surface area contributed by atoms with Crippen molar-refractivity contribution in [1.29, 1.82) is 0 Å². The Morgan fingerprint density at radius 3 is 2.61 bits per heavy atom. The van der Waals surface area contributed by atoms with E-state index >= 15 is 0 Å². The van der Waals surface area contributed by atoms with Gasteiger partial charge in [0, 0.05) is 11.6 Å².